The van der Waals surface area contributed by atoms with Gasteiger partial charge in [-0.3, -0.25) is 0 Å². The van der Waals surface area contributed by atoms with E-state index in [4.69, 9.17) is 9.47 Å². The largest absolute Gasteiger partial charge is 0.493 e. The fourth-order valence-corrected chi connectivity index (χ4v) is 3.90. The summed E-state index contributed by atoms with van der Waals surface area (Å²) in [5.74, 6) is 0.820. The second-order valence-corrected chi connectivity index (χ2v) is 7.23. The van der Waals surface area contributed by atoms with E-state index in [0.717, 1.165) is 54.7 Å². The Labute approximate surface area is 153 Å². The standard InChI is InChI=1S/C22H24O4/c1-13-5-9-17(14-6-7-14)20(19(13)21(23)22(24)25-2)16-8-10-18-15(12-16)4-3-11-26-18/h5,8-10,12,14,21,23H,3-4,6-7,11H2,1-2H3. The first-order valence-corrected chi connectivity index (χ1v) is 9.25. The predicted octanol–water partition coefficient (Wildman–Crippen LogP) is 4.07. The maximum absolute atomic E-state index is 12.1. The second kappa shape index (κ2) is 6.76. The number of rotatable bonds is 4. The summed E-state index contributed by atoms with van der Waals surface area (Å²) in [5.41, 5.74) is 5.99. The lowest BCUT2D eigenvalue weighted by Crippen LogP contribution is -2.16. The quantitative estimate of drug-likeness (QED) is 0.843. The van der Waals surface area contributed by atoms with Crippen LogP contribution in [-0.4, -0.2) is 24.8 Å². The van der Waals surface area contributed by atoms with Crippen LogP contribution >= 0.6 is 0 Å². The molecule has 1 saturated carbocycles. The Kier molecular flexibility index (Phi) is 4.45. The minimum Gasteiger partial charge on any atom is -0.493 e. The van der Waals surface area contributed by atoms with Gasteiger partial charge in [-0.1, -0.05) is 18.2 Å². The summed E-state index contributed by atoms with van der Waals surface area (Å²) < 4.78 is 10.5. The van der Waals surface area contributed by atoms with Crippen LogP contribution in [0.4, 0.5) is 0 Å². The summed E-state index contributed by atoms with van der Waals surface area (Å²) in [6.45, 7) is 2.69. The minimum absolute atomic E-state index is 0.501. The number of benzene rings is 2. The van der Waals surface area contributed by atoms with Crippen molar-refractivity contribution >= 4 is 5.97 Å². The van der Waals surface area contributed by atoms with Crippen LogP contribution in [0, 0.1) is 6.92 Å². The molecule has 4 nitrogen and oxygen atoms in total. The lowest BCUT2D eigenvalue weighted by Gasteiger charge is -2.23. The van der Waals surface area contributed by atoms with Gasteiger partial charge >= 0.3 is 5.97 Å². The molecule has 2 aliphatic rings. The molecule has 0 aromatic heterocycles. The van der Waals surface area contributed by atoms with Crippen LogP contribution in [0.25, 0.3) is 11.1 Å². The summed E-state index contributed by atoms with van der Waals surface area (Å²) in [5, 5.41) is 10.7. The fourth-order valence-electron chi connectivity index (χ4n) is 3.90. The molecule has 4 rings (SSSR count). The fraction of sp³-hybridized carbons (Fsp3) is 0.409. The number of fused-ring (bicyclic) bond motifs is 1. The SMILES string of the molecule is COC(=O)C(O)c1c(C)ccc(C2CC2)c1-c1ccc2c(c1)CCCO2. The number of esters is 1. The Morgan fingerprint density at radius 2 is 2.08 bits per heavy atom. The van der Waals surface area contributed by atoms with Crippen LogP contribution < -0.4 is 4.74 Å². The van der Waals surface area contributed by atoms with Crippen molar-refractivity contribution in [2.75, 3.05) is 13.7 Å². The molecule has 2 aromatic rings. The van der Waals surface area contributed by atoms with Gasteiger partial charge in [0.25, 0.3) is 0 Å². The monoisotopic (exact) mass is 352 g/mol. The van der Waals surface area contributed by atoms with E-state index in [2.05, 4.69) is 12.1 Å². The molecule has 4 heteroatoms. The molecular weight excluding hydrogens is 328 g/mol. The Balaban J connectivity index is 1.91. The van der Waals surface area contributed by atoms with E-state index >= 15 is 0 Å². The number of carbonyl (C=O) groups excluding carboxylic acids is 1. The van der Waals surface area contributed by atoms with E-state index in [9.17, 15) is 9.90 Å². The molecule has 0 radical (unpaired) electrons. The Bertz CT molecular complexity index is 851. The van der Waals surface area contributed by atoms with Gasteiger partial charge in [0.05, 0.1) is 13.7 Å². The molecule has 2 aromatic carbocycles. The Hall–Kier alpha value is -2.33. The van der Waals surface area contributed by atoms with Gasteiger partial charge in [0.1, 0.15) is 5.75 Å². The van der Waals surface area contributed by atoms with E-state index in [-0.39, 0.29) is 0 Å². The van der Waals surface area contributed by atoms with Gasteiger partial charge in [0.15, 0.2) is 6.10 Å². The Morgan fingerprint density at radius 1 is 1.27 bits per heavy atom. The summed E-state index contributed by atoms with van der Waals surface area (Å²) in [6.07, 6.45) is 3.02. The van der Waals surface area contributed by atoms with Gasteiger partial charge in [-0.05, 0) is 78.5 Å². The van der Waals surface area contributed by atoms with E-state index in [1.54, 1.807) is 0 Å². The highest BCUT2D eigenvalue weighted by Gasteiger charge is 2.32. The zero-order valence-electron chi connectivity index (χ0n) is 15.2. The molecule has 0 spiro atoms. The maximum Gasteiger partial charge on any atom is 0.339 e. The predicted molar refractivity (Wildman–Crippen MR) is 99.4 cm³/mol. The van der Waals surface area contributed by atoms with Crippen molar-refractivity contribution in [3.05, 3.63) is 52.6 Å². The molecular formula is C22H24O4. The number of ether oxygens (including phenoxy) is 2. The molecule has 1 N–H and O–H groups in total. The van der Waals surface area contributed by atoms with Gasteiger partial charge in [0, 0.05) is 5.56 Å². The normalized spacial score (nSPS) is 17.2. The van der Waals surface area contributed by atoms with E-state index in [0.29, 0.717) is 11.5 Å². The van der Waals surface area contributed by atoms with E-state index in [1.807, 2.05) is 25.1 Å². The molecule has 1 atom stereocenters. The van der Waals surface area contributed by atoms with E-state index in [1.165, 1.54) is 18.2 Å². The van der Waals surface area contributed by atoms with Crippen LogP contribution in [-0.2, 0) is 16.0 Å². The lowest BCUT2D eigenvalue weighted by atomic mass is 9.85. The average molecular weight is 352 g/mol. The number of aryl methyl sites for hydroxylation is 2. The topological polar surface area (TPSA) is 55.8 Å². The maximum atomic E-state index is 12.1. The van der Waals surface area contributed by atoms with Crippen LogP contribution in [0.1, 0.15) is 53.5 Å². The lowest BCUT2D eigenvalue weighted by molar-refractivity contribution is -0.150. The molecule has 1 fully saturated rings. The molecule has 0 bridgehead atoms. The second-order valence-electron chi connectivity index (χ2n) is 7.23. The van der Waals surface area contributed by atoms with Crippen molar-refractivity contribution < 1.29 is 19.4 Å². The van der Waals surface area contributed by atoms with Crippen LogP contribution in [0.2, 0.25) is 0 Å². The summed E-state index contributed by atoms with van der Waals surface area (Å²) >= 11 is 0. The summed E-state index contributed by atoms with van der Waals surface area (Å²) in [7, 11) is 1.31. The highest BCUT2D eigenvalue weighted by atomic mass is 16.5. The van der Waals surface area contributed by atoms with Crippen molar-refractivity contribution in [3.63, 3.8) is 0 Å². The van der Waals surface area contributed by atoms with Crippen molar-refractivity contribution in [2.24, 2.45) is 0 Å². The van der Waals surface area contributed by atoms with Gasteiger partial charge in [-0.25, -0.2) is 4.79 Å². The van der Waals surface area contributed by atoms with Gasteiger partial charge in [-0.15, -0.1) is 0 Å². The molecule has 26 heavy (non-hydrogen) atoms. The zero-order valence-corrected chi connectivity index (χ0v) is 15.2. The van der Waals surface area contributed by atoms with Gasteiger partial charge in [-0.2, -0.15) is 0 Å². The third-order valence-corrected chi connectivity index (χ3v) is 5.41. The number of hydrogen-bond donors (Lipinski definition) is 1. The molecule has 1 unspecified atom stereocenters. The number of methoxy groups -OCH3 is 1. The van der Waals surface area contributed by atoms with E-state index < -0.39 is 12.1 Å². The number of hydrogen-bond acceptors (Lipinski definition) is 4. The van der Waals surface area contributed by atoms with Crippen molar-refractivity contribution in [2.45, 2.75) is 44.6 Å². The summed E-state index contributed by atoms with van der Waals surface area (Å²) in [6, 6.07) is 10.4. The van der Waals surface area contributed by atoms with Crippen molar-refractivity contribution in [1.82, 2.24) is 0 Å². The van der Waals surface area contributed by atoms with Crippen molar-refractivity contribution in [1.29, 1.82) is 0 Å². The van der Waals surface area contributed by atoms with Crippen LogP contribution in [0.5, 0.6) is 5.75 Å². The molecule has 1 heterocycles. The zero-order chi connectivity index (χ0) is 18.3. The first-order chi connectivity index (χ1) is 12.6. The Morgan fingerprint density at radius 3 is 2.81 bits per heavy atom. The molecule has 0 amide bonds. The van der Waals surface area contributed by atoms with Gasteiger partial charge < -0.3 is 14.6 Å². The number of aliphatic hydroxyl groups excluding tert-OH is 1. The van der Waals surface area contributed by atoms with Gasteiger partial charge in [0.2, 0.25) is 0 Å². The number of carbonyl (C=O) groups is 1. The molecule has 136 valence electrons. The minimum atomic E-state index is -1.28. The average Bonchev–Trinajstić information content (AvgIpc) is 3.51. The highest BCUT2D eigenvalue weighted by molar-refractivity contribution is 5.84. The highest BCUT2D eigenvalue weighted by Crippen LogP contribution is 2.48. The molecule has 1 aliphatic heterocycles. The summed E-state index contributed by atoms with van der Waals surface area (Å²) in [4.78, 5) is 12.1. The molecule has 1 aliphatic carbocycles. The third kappa shape index (κ3) is 2.99. The van der Waals surface area contributed by atoms with Crippen LogP contribution in [0.3, 0.4) is 0 Å². The van der Waals surface area contributed by atoms with Crippen molar-refractivity contribution in [3.8, 4) is 16.9 Å². The third-order valence-electron chi connectivity index (χ3n) is 5.41. The molecule has 0 saturated heterocycles. The first kappa shape index (κ1) is 17.1. The smallest absolute Gasteiger partial charge is 0.339 e. The van der Waals surface area contributed by atoms with Crippen LogP contribution in [0.15, 0.2) is 30.3 Å². The number of aliphatic hydroxyl groups is 1. The first-order valence-electron chi connectivity index (χ1n) is 9.25.